The van der Waals surface area contributed by atoms with Crippen molar-refractivity contribution < 1.29 is 23.7 Å². The minimum Gasteiger partial charge on any atom is -0.394 e. The molecule has 4 N–H and O–H groups in total. The highest BCUT2D eigenvalue weighted by atomic mass is 19.1. The molecule has 1 unspecified atom stereocenters. The largest absolute Gasteiger partial charge is 0.394 e. The van der Waals surface area contributed by atoms with Crippen LogP contribution in [-0.4, -0.2) is 54.2 Å². The fraction of sp³-hybridized carbons (Fsp3) is 0.462. The Labute approximate surface area is 129 Å². The molecule has 124 valence electrons. The molecule has 0 aromatic carbocycles. The molecule has 8 nitrogen and oxygen atoms in total. The smallest absolute Gasteiger partial charge is 0.310 e. The maximum Gasteiger partial charge on any atom is 0.310 e. The molecule has 23 heavy (non-hydrogen) atoms. The number of imidazole rings is 1. The number of halogens is 2. The van der Waals surface area contributed by atoms with Crippen LogP contribution >= 0.6 is 0 Å². The zero-order chi connectivity index (χ0) is 16.8. The van der Waals surface area contributed by atoms with Crippen molar-refractivity contribution in [3.05, 3.63) is 24.8 Å². The first-order chi connectivity index (χ1) is 10.8. The Bertz CT molecular complexity index is 723. The summed E-state index contributed by atoms with van der Waals surface area (Å²) in [5.41, 5.74) is 4.06. The third-order valence-corrected chi connectivity index (χ3v) is 3.83. The van der Waals surface area contributed by atoms with Crippen LogP contribution in [0.25, 0.3) is 11.3 Å². The lowest BCUT2D eigenvalue weighted by Crippen LogP contribution is -2.40. The molecule has 0 bridgehead atoms. The van der Waals surface area contributed by atoms with Gasteiger partial charge in [-0.05, 0) is 6.92 Å². The predicted octanol–water partition coefficient (Wildman–Crippen LogP) is 0.0402. The Morgan fingerprint density at radius 3 is 2.83 bits per heavy atom. The van der Waals surface area contributed by atoms with E-state index in [4.69, 9.17) is 15.6 Å². The Morgan fingerprint density at radius 1 is 1.48 bits per heavy atom. The number of alkyl halides is 1. The van der Waals surface area contributed by atoms with Crippen LogP contribution in [0, 0.1) is 6.08 Å². The number of rotatable bonds is 3. The maximum atomic E-state index is 14.7. The van der Waals surface area contributed by atoms with Crippen molar-refractivity contribution in [3.8, 4) is 11.3 Å². The third-order valence-electron chi connectivity index (χ3n) is 3.83. The van der Waals surface area contributed by atoms with Crippen molar-refractivity contribution in [1.82, 2.24) is 19.5 Å². The van der Waals surface area contributed by atoms with Crippen LogP contribution in [0.1, 0.15) is 13.2 Å². The molecule has 0 saturated carbocycles. The molecule has 4 atom stereocenters. The topological polar surface area (TPSA) is 119 Å². The molecule has 1 aliphatic rings. The van der Waals surface area contributed by atoms with Crippen LogP contribution in [0.3, 0.4) is 0 Å². The van der Waals surface area contributed by atoms with E-state index < -0.39 is 36.8 Å². The minimum atomic E-state index is -2.13. The lowest BCUT2D eigenvalue weighted by atomic mass is 9.99. The van der Waals surface area contributed by atoms with Gasteiger partial charge in [0.15, 0.2) is 11.9 Å². The van der Waals surface area contributed by atoms with Crippen LogP contribution in [0.5, 0.6) is 0 Å². The molecule has 2 aromatic rings. The van der Waals surface area contributed by atoms with E-state index in [-0.39, 0.29) is 11.4 Å². The second-order valence-corrected chi connectivity index (χ2v) is 5.45. The highest BCUT2D eigenvalue weighted by molar-refractivity contribution is 5.68. The summed E-state index contributed by atoms with van der Waals surface area (Å²) >= 11 is 0. The number of ether oxygens (including phenoxy) is 1. The number of aromatic nitrogens is 4. The van der Waals surface area contributed by atoms with Crippen LogP contribution in [0.2, 0.25) is 0 Å². The van der Waals surface area contributed by atoms with Gasteiger partial charge in [-0.15, -0.1) is 0 Å². The normalized spacial score (nSPS) is 30.7. The van der Waals surface area contributed by atoms with E-state index in [0.29, 0.717) is 5.69 Å². The number of hydrogen-bond donors (Lipinski definition) is 3. The van der Waals surface area contributed by atoms with Crippen LogP contribution in [-0.2, 0) is 4.74 Å². The van der Waals surface area contributed by atoms with E-state index in [1.807, 2.05) is 0 Å². The molecule has 0 amide bonds. The molecule has 1 aliphatic heterocycles. The van der Waals surface area contributed by atoms with E-state index in [9.17, 15) is 13.9 Å². The standard InChI is InChI=1S/C13H15F2N5O3/c1-13(15)9(22)8(4-21)23-11(13)20-3-7(18-5-20)6-2-17-12(14)19-10(6)16/h2-3,5,8-9,11,21-22H,4H2,1H3,(H2,16,17,19)/t8-,9?,11-,13-/m1/s1. The molecule has 10 heteroatoms. The molecule has 2 aromatic heterocycles. The average Bonchev–Trinajstić information content (AvgIpc) is 3.04. The lowest BCUT2D eigenvalue weighted by molar-refractivity contribution is -0.0586. The lowest BCUT2D eigenvalue weighted by Gasteiger charge is -2.24. The number of nitrogens with two attached hydrogens (primary N) is 1. The van der Waals surface area contributed by atoms with Gasteiger partial charge in [-0.2, -0.15) is 9.37 Å². The summed E-state index contributed by atoms with van der Waals surface area (Å²) in [4.78, 5) is 10.9. The first-order valence-corrected chi connectivity index (χ1v) is 6.79. The molecule has 0 aliphatic carbocycles. The van der Waals surface area contributed by atoms with Gasteiger partial charge in [-0.25, -0.2) is 14.4 Å². The van der Waals surface area contributed by atoms with Crippen LogP contribution < -0.4 is 5.73 Å². The SMILES string of the molecule is C[C@@]1(F)C(O)[C@@H](CO)O[C@H]1n1cnc(-c2cnc(F)nc2N)c1. The van der Waals surface area contributed by atoms with E-state index in [0.717, 1.165) is 0 Å². The van der Waals surface area contributed by atoms with Gasteiger partial charge < -0.3 is 25.3 Å². The first kappa shape index (κ1) is 15.7. The quantitative estimate of drug-likeness (QED) is 0.681. The van der Waals surface area contributed by atoms with Crippen LogP contribution in [0.4, 0.5) is 14.6 Å². The third kappa shape index (κ3) is 2.54. The maximum absolute atomic E-state index is 14.7. The number of nitrogen functional groups attached to an aromatic ring is 1. The van der Waals surface area contributed by atoms with E-state index >= 15 is 0 Å². The highest BCUT2D eigenvalue weighted by Gasteiger charge is 2.54. The van der Waals surface area contributed by atoms with Crippen molar-refractivity contribution in [1.29, 1.82) is 0 Å². The molecular weight excluding hydrogens is 312 g/mol. The van der Waals surface area contributed by atoms with Gasteiger partial charge >= 0.3 is 6.08 Å². The van der Waals surface area contributed by atoms with Gasteiger partial charge in [0.25, 0.3) is 0 Å². The van der Waals surface area contributed by atoms with Crippen molar-refractivity contribution in [3.63, 3.8) is 0 Å². The number of hydrogen-bond acceptors (Lipinski definition) is 7. The van der Waals surface area contributed by atoms with Crippen molar-refractivity contribution >= 4 is 5.82 Å². The monoisotopic (exact) mass is 327 g/mol. The second-order valence-electron chi connectivity index (χ2n) is 5.45. The van der Waals surface area contributed by atoms with Crippen molar-refractivity contribution in [2.75, 3.05) is 12.3 Å². The van der Waals surface area contributed by atoms with Crippen molar-refractivity contribution in [2.24, 2.45) is 0 Å². The van der Waals surface area contributed by atoms with Crippen LogP contribution in [0.15, 0.2) is 18.7 Å². The highest BCUT2D eigenvalue weighted by Crippen LogP contribution is 2.41. The zero-order valence-electron chi connectivity index (χ0n) is 12.1. The fourth-order valence-corrected chi connectivity index (χ4v) is 2.56. The molecular formula is C13H15F2N5O3. The summed E-state index contributed by atoms with van der Waals surface area (Å²) in [6.45, 7) is 0.657. The predicted molar refractivity (Wildman–Crippen MR) is 74.1 cm³/mol. The van der Waals surface area contributed by atoms with Gasteiger partial charge in [-0.1, -0.05) is 0 Å². The summed E-state index contributed by atoms with van der Waals surface area (Å²) in [5.74, 6) is -0.105. The van der Waals surface area contributed by atoms with E-state index in [1.54, 1.807) is 0 Å². The van der Waals surface area contributed by atoms with Gasteiger partial charge in [-0.3, -0.25) is 0 Å². The summed E-state index contributed by atoms with van der Waals surface area (Å²) < 4.78 is 34.2. The van der Waals surface area contributed by atoms with E-state index in [1.165, 1.54) is 30.2 Å². The number of anilines is 1. The number of aliphatic hydroxyl groups is 2. The molecule has 1 saturated heterocycles. The summed E-state index contributed by atoms with van der Waals surface area (Å²) in [6, 6.07) is 0. The van der Waals surface area contributed by atoms with Gasteiger partial charge in [0.1, 0.15) is 18.0 Å². The second kappa shape index (κ2) is 5.48. The van der Waals surface area contributed by atoms with Gasteiger partial charge in [0.05, 0.1) is 24.2 Å². The molecule has 0 spiro atoms. The Kier molecular flexibility index (Phi) is 3.74. The molecule has 0 radical (unpaired) electrons. The zero-order valence-corrected chi connectivity index (χ0v) is 12.1. The first-order valence-electron chi connectivity index (χ1n) is 6.79. The van der Waals surface area contributed by atoms with Gasteiger partial charge in [0.2, 0.25) is 0 Å². The average molecular weight is 327 g/mol. The number of nitrogens with zero attached hydrogens (tertiary/aromatic N) is 4. The van der Waals surface area contributed by atoms with Gasteiger partial charge in [0, 0.05) is 12.4 Å². The summed E-state index contributed by atoms with van der Waals surface area (Å²) in [7, 11) is 0. The summed E-state index contributed by atoms with van der Waals surface area (Å²) in [6.07, 6.45) is -0.800. The molecule has 3 rings (SSSR count). The van der Waals surface area contributed by atoms with Crippen molar-refractivity contribution in [2.45, 2.75) is 31.0 Å². The summed E-state index contributed by atoms with van der Waals surface area (Å²) in [5, 5.41) is 19.0. The minimum absolute atomic E-state index is 0.105. The van der Waals surface area contributed by atoms with E-state index in [2.05, 4.69) is 15.0 Å². The number of aliphatic hydroxyl groups excluding tert-OH is 2. The Balaban J connectivity index is 1.93. The fourth-order valence-electron chi connectivity index (χ4n) is 2.56. The molecule has 1 fully saturated rings. The Hall–Kier alpha value is -2.17. The Morgan fingerprint density at radius 2 is 2.22 bits per heavy atom. The molecule has 3 heterocycles.